The van der Waals surface area contributed by atoms with Gasteiger partial charge in [-0.15, -0.1) is 0 Å². The van der Waals surface area contributed by atoms with E-state index in [9.17, 15) is 0 Å². The number of fused-ring (bicyclic) bond motifs is 1. The molecular weight excluding hydrogens is 373 g/mol. The number of hydrogen-bond donors (Lipinski definition) is 2. The molecule has 25 heavy (non-hydrogen) atoms. The van der Waals surface area contributed by atoms with Gasteiger partial charge in [-0.3, -0.25) is 0 Å². The van der Waals surface area contributed by atoms with Crippen LogP contribution in [-0.2, 0) is 6.54 Å². The average molecular weight is 394 g/mol. The van der Waals surface area contributed by atoms with Crippen LogP contribution in [0.25, 0.3) is 0 Å². The number of halogens is 2. The van der Waals surface area contributed by atoms with Gasteiger partial charge in [0.05, 0.1) is 0 Å². The minimum atomic E-state index is 0.179. The molecule has 2 aromatic carbocycles. The van der Waals surface area contributed by atoms with Gasteiger partial charge in [-0.05, 0) is 61.1 Å². The van der Waals surface area contributed by atoms with E-state index in [-0.39, 0.29) is 5.92 Å². The molecule has 0 saturated carbocycles. The number of anilines is 1. The van der Waals surface area contributed by atoms with Gasteiger partial charge in [0.1, 0.15) is 0 Å². The van der Waals surface area contributed by atoms with E-state index in [1.165, 1.54) is 11.1 Å². The zero-order valence-corrected chi connectivity index (χ0v) is 16.6. The number of benzene rings is 2. The fraction of sp³-hybridized carbons (Fsp3) is 0.316. The van der Waals surface area contributed by atoms with E-state index in [0.717, 1.165) is 35.9 Å². The molecule has 2 aromatic rings. The van der Waals surface area contributed by atoms with Crippen molar-refractivity contribution >= 4 is 46.2 Å². The molecule has 0 aliphatic carbocycles. The molecule has 0 saturated heterocycles. The van der Waals surface area contributed by atoms with Crippen molar-refractivity contribution in [1.82, 2.24) is 10.2 Å². The van der Waals surface area contributed by atoms with Crippen LogP contribution >= 0.6 is 35.4 Å². The molecule has 1 heterocycles. The molecule has 0 spiro atoms. The second kappa shape index (κ2) is 7.92. The molecule has 0 bridgehead atoms. The highest BCUT2D eigenvalue weighted by Crippen LogP contribution is 2.40. The summed E-state index contributed by atoms with van der Waals surface area (Å²) in [4.78, 5) is 2.28. The molecule has 0 fully saturated rings. The molecule has 3 nitrogen and oxygen atoms in total. The summed E-state index contributed by atoms with van der Waals surface area (Å²) in [7, 11) is 2.11. The molecule has 1 atom stereocenters. The molecule has 6 heteroatoms. The lowest BCUT2D eigenvalue weighted by atomic mass is 9.84. The Morgan fingerprint density at radius 1 is 1.24 bits per heavy atom. The van der Waals surface area contributed by atoms with Gasteiger partial charge in [-0.2, -0.15) is 0 Å². The third kappa shape index (κ3) is 4.09. The van der Waals surface area contributed by atoms with Crippen LogP contribution in [0.3, 0.4) is 0 Å². The molecule has 1 aliphatic heterocycles. The van der Waals surface area contributed by atoms with Gasteiger partial charge in [-0.25, -0.2) is 0 Å². The highest BCUT2D eigenvalue weighted by atomic mass is 35.5. The Labute approximate surface area is 164 Å². The Bertz CT molecular complexity index is 794. The number of nitrogens with one attached hydrogen (secondary N) is 2. The number of nitrogens with zero attached hydrogens (tertiary/aromatic N) is 1. The van der Waals surface area contributed by atoms with E-state index in [2.05, 4.69) is 40.8 Å². The first-order valence-electron chi connectivity index (χ1n) is 8.29. The Kier molecular flexibility index (Phi) is 5.85. The second-order valence-corrected chi connectivity index (χ2v) is 7.53. The number of para-hydroxylation sites is 1. The first-order valence-corrected chi connectivity index (χ1v) is 9.46. The van der Waals surface area contributed by atoms with E-state index in [1.807, 2.05) is 25.1 Å². The minimum Gasteiger partial charge on any atom is -0.363 e. The zero-order chi connectivity index (χ0) is 18.0. The van der Waals surface area contributed by atoms with Gasteiger partial charge in [0.25, 0.3) is 0 Å². The highest BCUT2D eigenvalue weighted by Gasteiger charge is 2.28. The lowest BCUT2D eigenvalue weighted by Gasteiger charge is -2.34. The summed E-state index contributed by atoms with van der Waals surface area (Å²) >= 11 is 18.1. The summed E-state index contributed by atoms with van der Waals surface area (Å²) in [5, 5.41) is 8.49. The van der Waals surface area contributed by atoms with Crippen molar-refractivity contribution in [1.29, 1.82) is 0 Å². The number of hydrogen-bond acceptors (Lipinski definition) is 2. The normalized spacial score (nSPS) is 17.0. The fourth-order valence-corrected chi connectivity index (χ4v) is 4.18. The maximum atomic E-state index is 6.47. The summed E-state index contributed by atoms with van der Waals surface area (Å²) in [6.07, 6.45) is 0. The van der Waals surface area contributed by atoms with E-state index in [1.54, 1.807) is 0 Å². The molecule has 132 valence electrons. The Morgan fingerprint density at radius 2 is 2.00 bits per heavy atom. The smallest absolute Gasteiger partial charge is 0.170 e. The monoisotopic (exact) mass is 393 g/mol. The summed E-state index contributed by atoms with van der Waals surface area (Å²) < 4.78 is 0. The van der Waals surface area contributed by atoms with Gasteiger partial charge in [0.2, 0.25) is 0 Å². The van der Waals surface area contributed by atoms with Crippen LogP contribution in [0.4, 0.5) is 5.69 Å². The van der Waals surface area contributed by atoms with Gasteiger partial charge >= 0.3 is 0 Å². The van der Waals surface area contributed by atoms with Crippen LogP contribution in [-0.4, -0.2) is 30.1 Å². The highest BCUT2D eigenvalue weighted by molar-refractivity contribution is 7.80. The van der Waals surface area contributed by atoms with E-state index in [4.69, 9.17) is 35.4 Å². The maximum Gasteiger partial charge on any atom is 0.170 e. The Hall–Kier alpha value is -1.33. The molecule has 0 aromatic heterocycles. The molecule has 0 amide bonds. The first kappa shape index (κ1) is 18.5. The van der Waals surface area contributed by atoms with Crippen LogP contribution in [0.15, 0.2) is 36.4 Å². The van der Waals surface area contributed by atoms with Gasteiger partial charge in [0, 0.05) is 41.3 Å². The van der Waals surface area contributed by atoms with Gasteiger partial charge in [-0.1, -0.05) is 41.4 Å². The number of rotatable bonds is 3. The van der Waals surface area contributed by atoms with E-state index in [0.29, 0.717) is 10.1 Å². The molecule has 1 unspecified atom stereocenters. The maximum absolute atomic E-state index is 6.47. The minimum absolute atomic E-state index is 0.179. The molecule has 3 rings (SSSR count). The molecule has 2 N–H and O–H groups in total. The molecule has 0 radical (unpaired) electrons. The Morgan fingerprint density at radius 3 is 2.76 bits per heavy atom. The predicted octanol–water partition coefficient (Wildman–Crippen LogP) is 4.88. The van der Waals surface area contributed by atoms with E-state index >= 15 is 0 Å². The number of thiocarbonyl (C=S) groups is 1. The lowest BCUT2D eigenvalue weighted by Crippen LogP contribution is -2.32. The predicted molar refractivity (Wildman–Crippen MR) is 111 cm³/mol. The zero-order valence-electron chi connectivity index (χ0n) is 14.3. The van der Waals surface area contributed by atoms with Crippen molar-refractivity contribution in [2.75, 3.05) is 25.5 Å². The van der Waals surface area contributed by atoms with Crippen LogP contribution in [0, 0.1) is 0 Å². The third-order valence-electron chi connectivity index (χ3n) is 4.41. The van der Waals surface area contributed by atoms with Crippen molar-refractivity contribution in [3.8, 4) is 0 Å². The first-order chi connectivity index (χ1) is 12.0. The summed E-state index contributed by atoms with van der Waals surface area (Å²) in [6, 6.07) is 12.1. The van der Waals surface area contributed by atoms with E-state index < -0.39 is 0 Å². The average Bonchev–Trinajstić information content (AvgIpc) is 2.56. The van der Waals surface area contributed by atoms with Crippen molar-refractivity contribution in [3.63, 3.8) is 0 Å². The molecular formula is C19H21Cl2N3S. The Balaban J connectivity index is 2.05. The topological polar surface area (TPSA) is 27.3 Å². The van der Waals surface area contributed by atoms with Crippen LogP contribution < -0.4 is 10.6 Å². The lowest BCUT2D eigenvalue weighted by molar-refractivity contribution is 0.295. The van der Waals surface area contributed by atoms with Crippen LogP contribution in [0.2, 0.25) is 10.0 Å². The SMILES string of the molecule is CCNC(=S)Nc1ccccc1C1CN(C)Cc2c(Cl)cc(Cl)cc21. The fourth-order valence-electron chi connectivity index (χ4n) is 3.35. The third-order valence-corrected chi connectivity index (χ3v) is 5.22. The number of likely N-dealkylation sites (N-methyl/N-ethyl adjacent to an activating group) is 1. The standard InChI is InChI=1S/C19H21Cl2N3S/c1-3-22-19(25)23-18-7-5-4-6-13(18)15-10-24(2)11-16-14(15)8-12(20)9-17(16)21/h4-9,15H,3,10-11H2,1-2H3,(H2,22,23,25). The largest absolute Gasteiger partial charge is 0.363 e. The summed E-state index contributed by atoms with van der Waals surface area (Å²) in [5.41, 5.74) is 4.54. The summed E-state index contributed by atoms with van der Waals surface area (Å²) in [6.45, 7) is 4.54. The van der Waals surface area contributed by atoms with Gasteiger partial charge < -0.3 is 15.5 Å². The molecule has 1 aliphatic rings. The van der Waals surface area contributed by atoms with Gasteiger partial charge in [0.15, 0.2) is 5.11 Å². The second-order valence-electron chi connectivity index (χ2n) is 6.28. The van der Waals surface area contributed by atoms with Crippen LogP contribution in [0.1, 0.15) is 29.5 Å². The van der Waals surface area contributed by atoms with Crippen molar-refractivity contribution in [2.24, 2.45) is 0 Å². The van der Waals surface area contributed by atoms with Crippen LogP contribution in [0.5, 0.6) is 0 Å². The van der Waals surface area contributed by atoms with Crippen molar-refractivity contribution < 1.29 is 0 Å². The van der Waals surface area contributed by atoms with Crippen molar-refractivity contribution in [2.45, 2.75) is 19.4 Å². The summed E-state index contributed by atoms with van der Waals surface area (Å²) in [5.74, 6) is 0.179. The quantitative estimate of drug-likeness (QED) is 0.726. The van der Waals surface area contributed by atoms with Crippen molar-refractivity contribution in [3.05, 3.63) is 63.1 Å².